The number of aromatic nitrogens is 1. The van der Waals surface area contributed by atoms with E-state index in [0.717, 1.165) is 57.3 Å². The van der Waals surface area contributed by atoms with Crippen LogP contribution in [0.4, 0.5) is 5.82 Å². The van der Waals surface area contributed by atoms with E-state index in [9.17, 15) is 0 Å². The van der Waals surface area contributed by atoms with Crippen molar-refractivity contribution in [3.63, 3.8) is 0 Å². The highest BCUT2D eigenvalue weighted by atomic mass is 16.5. The Balaban J connectivity index is 1.32. The van der Waals surface area contributed by atoms with Gasteiger partial charge in [-0.25, -0.2) is 4.98 Å². The van der Waals surface area contributed by atoms with Crippen LogP contribution in [0, 0.1) is 18.3 Å². The molecule has 154 valence electrons. The molecule has 2 aliphatic heterocycles. The summed E-state index contributed by atoms with van der Waals surface area (Å²) in [6, 6.07) is 5.17. The van der Waals surface area contributed by atoms with Crippen LogP contribution >= 0.6 is 0 Å². The Morgan fingerprint density at radius 2 is 2.04 bits per heavy atom. The van der Waals surface area contributed by atoms with Gasteiger partial charge in [0.1, 0.15) is 5.82 Å². The fourth-order valence-electron chi connectivity index (χ4n) is 5.15. The van der Waals surface area contributed by atoms with Crippen molar-refractivity contribution in [3.8, 4) is 0 Å². The third-order valence-corrected chi connectivity index (χ3v) is 6.76. The summed E-state index contributed by atoms with van der Waals surface area (Å²) in [6.07, 6.45) is 5.72. The van der Waals surface area contributed by atoms with Crippen molar-refractivity contribution in [2.45, 2.75) is 65.1 Å². The summed E-state index contributed by atoms with van der Waals surface area (Å²) in [5, 5.41) is 7.45. The van der Waals surface area contributed by atoms with Gasteiger partial charge in [0.15, 0.2) is 5.96 Å². The second-order valence-electron chi connectivity index (χ2n) is 9.11. The average Bonchev–Trinajstić information content (AvgIpc) is 3.15. The number of nitrogens with zero attached hydrogens (tertiary/aromatic N) is 3. The van der Waals surface area contributed by atoms with E-state index in [0.29, 0.717) is 24.1 Å². The molecular weight excluding hydrogens is 350 g/mol. The number of hydrogen-bond acceptors (Lipinski definition) is 4. The Kier molecular flexibility index (Phi) is 5.50. The highest BCUT2D eigenvalue weighted by Gasteiger charge is 2.59. The van der Waals surface area contributed by atoms with E-state index in [-0.39, 0.29) is 5.41 Å². The molecule has 0 radical (unpaired) electrons. The van der Waals surface area contributed by atoms with E-state index in [1.165, 1.54) is 5.56 Å². The van der Waals surface area contributed by atoms with E-state index in [1.807, 2.05) is 6.20 Å². The quantitative estimate of drug-likeness (QED) is 0.616. The number of fused-ring (bicyclic) bond motifs is 1. The average molecular weight is 386 g/mol. The molecule has 1 aromatic heterocycles. The Labute approximate surface area is 169 Å². The van der Waals surface area contributed by atoms with Gasteiger partial charge in [0.2, 0.25) is 0 Å². The summed E-state index contributed by atoms with van der Waals surface area (Å²) in [5.41, 5.74) is 1.37. The Bertz CT molecular complexity index is 693. The molecule has 3 atom stereocenters. The molecule has 6 heteroatoms. The molecule has 3 heterocycles. The summed E-state index contributed by atoms with van der Waals surface area (Å²) < 4.78 is 5.94. The van der Waals surface area contributed by atoms with E-state index in [2.05, 4.69) is 60.3 Å². The van der Waals surface area contributed by atoms with Gasteiger partial charge in [0.25, 0.3) is 0 Å². The fraction of sp³-hybridized carbons (Fsp3) is 0.727. The van der Waals surface area contributed by atoms with Crippen molar-refractivity contribution in [2.24, 2.45) is 16.3 Å². The zero-order chi connectivity index (χ0) is 19.7. The number of nitrogens with one attached hydrogen (secondary N) is 2. The molecule has 3 fully saturated rings. The van der Waals surface area contributed by atoms with Gasteiger partial charge in [0.05, 0.1) is 6.10 Å². The van der Waals surface area contributed by atoms with Gasteiger partial charge in [-0.15, -0.1) is 0 Å². The molecule has 0 spiro atoms. The lowest BCUT2D eigenvalue weighted by Gasteiger charge is -2.55. The van der Waals surface area contributed by atoms with Gasteiger partial charge >= 0.3 is 0 Å². The number of pyridine rings is 1. The van der Waals surface area contributed by atoms with Crippen molar-refractivity contribution in [1.82, 2.24) is 15.6 Å². The van der Waals surface area contributed by atoms with Crippen LogP contribution in [0.2, 0.25) is 0 Å². The summed E-state index contributed by atoms with van der Waals surface area (Å²) in [5.74, 6) is 2.68. The zero-order valence-corrected chi connectivity index (χ0v) is 17.7. The Morgan fingerprint density at radius 1 is 1.25 bits per heavy atom. The Morgan fingerprint density at radius 3 is 2.71 bits per heavy atom. The molecule has 6 nitrogen and oxygen atoms in total. The van der Waals surface area contributed by atoms with E-state index in [4.69, 9.17) is 9.73 Å². The van der Waals surface area contributed by atoms with Crippen LogP contribution in [0.5, 0.6) is 0 Å². The number of aryl methyl sites for hydroxylation is 1. The molecular formula is C22H35N5O. The maximum Gasteiger partial charge on any atom is 0.191 e. The maximum atomic E-state index is 5.94. The SMILES string of the molecule is CCN=C(NC1CCN(c2ccc(C)cn2)CC1)NC1C2CCOC2C1(C)C. The van der Waals surface area contributed by atoms with Crippen molar-refractivity contribution < 1.29 is 4.74 Å². The van der Waals surface area contributed by atoms with Crippen LogP contribution < -0.4 is 15.5 Å². The summed E-state index contributed by atoms with van der Waals surface area (Å²) in [7, 11) is 0. The molecule has 3 aliphatic rings. The number of rotatable bonds is 4. The minimum Gasteiger partial charge on any atom is -0.377 e. The summed E-state index contributed by atoms with van der Waals surface area (Å²) in [6.45, 7) is 12.6. The first kappa shape index (κ1) is 19.5. The molecule has 0 aromatic carbocycles. The van der Waals surface area contributed by atoms with Crippen LogP contribution in [-0.4, -0.2) is 55.4 Å². The lowest BCUT2D eigenvalue weighted by Crippen LogP contribution is -2.68. The Hall–Kier alpha value is -1.82. The predicted molar refractivity (Wildman–Crippen MR) is 114 cm³/mol. The van der Waals surface area contributed by atoms with Crippen LogP contribution in [0.1, 0.15) is 45.6 Å². The van der Waals surface area contributed by atoms with Crippen molar-refractivity contribution in [3.05, 3.63) is 23.9 Å². The van der Waals surface area contributed by atoms with Gasteiger partial charge in [-0.2, -0.15) is 0 Å². The molecule has 0 bridgehead atoms. The van der Waals surface area contributed by atoms with Gasteiger partial charge in [-0.1, -0.05) is 19.9 Å². The summed E-state index contributed by atoms with van der Waals surface area (Å²) >= 11 is 0. The standard InChI is InChI=1S/C22H35N5O/c1-5-23-21(26-19-17-10-13-28-20(17)22(19,3)4)25-16-8-11-27(12-9-16)18-7-6-15(2)14-24-18/h6-7,14,16-17,19-20H,5,8-13H2,1-4H3,(H2,23,25,26). The molecule has 2 saturated heterocycles. The molecule has 0 amide bonds. The van der Waals surface area contributed by atoms with Crippen LogP contribution in [0.25, 0.3) is 0 Å². The van der Waals surface area contributed by atoms with Crippen molar-refractivity contribution in [1.29, 1.82) is 0 Å². The number of anilines is 1. The number of guanidine groups is 1. The first-order valence-corrected chi connectivity index (χ1v) is 10.9. The van der Waals surface area contributed by atoms with Gasteiger partial charge in [-0.05, 0) is 44.7 Å². The molecule has 1 aliphatic carbocycles. The minimum atomic E-state index is 0.165. The highest BCUT2D eigenvalue weighted by Crippen LogP contribution is 2.52. The van der Waals surface area contributed by atoms with Gasteiger partial charge in [-0.3, -0.25) is 4.99 Å². The zero-order valence-electron chi connectivity index (χ0n) is 17.7. The highest BCUT2D eigenvalue weighted by molar-refractivity contribution is 5.80. The third-order valence-electron chi connectivity index (χ3n) is 6.76. The lowest BCUT2D eigenvalue weighted by molar-refractivity contribution is -0.106. The van der Waals surface area contributed by atoms with Gasteiger partial charge < -0.3 is 20.3 Å². The number of aliphatic imine (C=N–C) groups is 1. The van der Waals surface area contributed by atoms with Crippen molar-refractivity contribution in [2.75, 3.05) is 31.1 Å². The second-order valence-corrected chi connectivity index (χ2v) is 9.11. The number of piperidine rings is 1. The first-order valence-electron chi connectivity index (χ1n) is 10.9. The largest absolute Gasteiger partial charge is 0.377 e. The monoisotopic (exact) mass is 385 g/mol. The van der Waals surface area contributed by atoms with Crippen LogP contribution in [0.3, 0.4) is 0 Å². The molecule has 1 aromatic rings. The second kappa shape index (κ2) is 7.90. The molecule has 2 N–H and O–H groups in total. The molecule has 28 heavy (non-hydrogen) atoms. The maximum absolute atomic E-state index is 5.94. The fourth-order valence-corrected chi connectivity index (χ4v) is 5.15. The summed E-state index contributed by atoms with van der Waals surface area (Å²) in [4.78, 5) is 11.7. The number of ether oxygens (including phenoxy) is 1. The lowest BCUT2D eigenvalue weighted by atomic mass is 9.57. The van der Waals surface area contributed by atoms with Crippen molar-refractivity contribution >= 4 is 11.8 Å². The predicted octanol–water partition coefficient (Wildman–Crippen LogP) is 2.73. The van der Waals surface area contributed by atoms with E-state index in [1.54, 1.807) is 0 Å². The minimum absolute atomic E-state index is 0.165. The normalized spacial score (nSPS) is 29.9. The van der Waals surface area contributed by atoms with Gasteiger partial charge in [0, 0.05) is 55.9 Å². The topological polar surface area (TPSA) is 61.8 Å². The third kappa shape index (κ3) is 3.71. The molecule has 4 rings (SSSR count). The smallest absolute Gasteiger partial charge is 0.191 e. The van der Waals surface area contributed by atoms with E-state index < -0.39 is 0 Å². The van der Waals surface area contributed by atoms with Crippen LogP contribution in [-0.2, 0) is 4.74 Å². The molecule has 1 saturated carbocycles. The molecule has 3 unspecified atom stereocenters. The van der Waals surface area contributed by atoms with Crippen LogP contribution in [0.15, 0.2) is 23.3 Å². The van der Waals surface area contributed by atoms with E-state index >= 15 is 0 Å². The number of hydrogen-bond donors (Lipinski definition) is 2. The first-order chi connectivity index (χ1) is 13.5.